The molecular formula is C13H14ClN3O2. The Balaban J connectivity index is 1.81. The minimum atomic E-state index is -0.734. The van der Waals surface area contributed by atoms with Crippen LogP contribution < -0.4 is 16.2 Å². The van der Waals surface area contributed by atoms with Crippen molar-refractivity contribution in [3.63, 3.8) is 0 Å². The zero-order valence-corrected chi connectivity index (χ0v) is 11.0. The number of carbonyl (C=O) groups is 2. The van der Waals surface area contributed by atoms with Gasteiger partial charge in [-0.05, 0) is 43.5 Å². The fraction of sp³-hybridized carbons (Fsp3) is 0.231. The summed E-state index contributed by atoms with van der Waals surface area (Å²) in [6, 6.07) is 6.52. The molecule has 0 heterocycles. The molecule has 0 atom stereocenters. The topological polar surface area (TPSA) is 70.2 Å². The minimum absolute atomic E-state index is 0.518. The number of rotatable bonds is 3. The molecule has 6 heteroatoms. The van der Waals surface area contributed by atoms with Crippen LogP contribution in [0.2, 0.25) is 5.02 Å². The molecule has 0 saturated carbocycles. The largest absolute Gasteiger partial charge is 0.327 e. The van der Waals surface area contributed by atoms with Crippen LogP contribution in [0.5, 0.6) is 0 Å². The Labute approximate surface area is 116 Å². The molecule has 1 aliphatic rings. The van der Waals surface area contributed by atoms with E-state index in [1.54, 1.807) is 24.3 Å². The molecule has 3 N–H and O–H groups in total. The number of hydrazine groups is 1. The van der Waals surface area contributed by atoms with E-state index in [1.165, 1.54) is 0 Å². The molecule has 0 saturated heterocycles. The number of allylic oxidation sites excluding steroid dienone is 2. The van der Waals surface area contributed by atoms with Crippen LogP contribution in [0, 0.1) is 0 Å². The lowest BCUT2D eigenvalue weighted by atomic mass is 10.3. The van der Waals surface area contributed by atoms with Crippen molar-refractivity contribution >= 4 is 29.1 Å². The molecule has 5 nitrogen and oxygen atoms in total. The first-order valence-electron chi connectivity index (χ1n) is 5.97. The molecule has 0 fully saturated rings. The normalized spacial score (nSPS) is 13.6. The van der Waals surface area contributed by atoms with Gasteiger partial charge in [-0.15, -0.1) is 0 Å². The second-order valence-electron chi connectivity index (χ2n) is 4.16. The molecule has 0 aromatic heterocycles. The summed E-state index contributed by atoms with van der Waals surface area (Å²) >= 11 is 5.72. The molecule has 0 spiro atoms. The van der Waals surface area contributed by atoms with E-state index in [2.05, 4.69) is 16.2 Å². The molecular weight excluding hydrogens is 266 g/mol. The highest BCUT2D eigenvalue weighted by Gasteiger charge is 2.14. The van der Waals surface area contributed by atoms with Crippen LogP contribution in [0.4, 0.5) is 5.69 Å². The highest BCUT2D eigenvalue weighted by Crippen LogP contribution is 2.14. The molecule has 0 aliphatic heterocycles. The fourth-order valence-electron chi connectivity index (χ4n) is 1.70. The van der Waals surface area contributed by atoms with Crippen molar-refractivity contribution in [2.24, 2.45) is 0 Å². The molecule has 2 rings (SSSR count). The first-order chi connectivity index (χ1) is 9.15. The van der Waals surface area contributed by atoms with Crippen LogP contribution >= 0.6 is 11.6 Å². The summed E-state index contributed by atoms with van der Waals surface area (Å²) in [6.45, 7) is 0. The van der Waals surface area contributed by atoms with Crippen LogP contribution in [-0.2, 0) is 9.59 Å². The number of halogens is 1. The van der Waals surface area contributed by atoms with Crippen LogP contribution in [0.1, 0.15) is 19.3 Å². The van der Waals surface area contributed by atoms with E-state index in [4.69, 9.17) is 11.6 Å². The lowest BCUT2D eigenvalue weighted by Crippen LogP contribution is -2.43. The Hall–Kier alpha value is -2.01. The van der Waals surface area contributed by atoms with Gasteiger partial charge in [-0.3, -0.25) is 15.0 Å². The standard InChI is InChI=1S/C13H14ClN3O2/c14-9-5-7-10(8-6-9)15-12(18)13(19)17-16-11-3-1-2-4-11/h3,5-8,16H,1-2,4H2,(H,15,18)(H,17,19). The van der Waals surface area contributed by atoms with Gasteiger partial charge in [0.1, 0.15) is 0 Å². The van der Waals surface area contributed by atoms with Gasteiger partial charge in [0.25, 0.3) is 0 Å². The average Bonchev–Trinajstić information content (AvgIpc) is 2.91. The Morgan fingerprint density at radius 2 is 1.84 bits per heavy atom. The van der Waals surface area contributed by atoms with Gasteiger partial charge in [0.05, 0.1) is 0 Å². The van der Waals surface area contributed by atoms with Crippen LogP contribution in [0.25, 0.3) is 0 Å². The first-order valence-corrected chi connectivity index (χ1v) is 6.35. The third kappa shape index (κ3) is 3.99. The summed E-state index contributed by atoms with van der Waals surface area (Å²) < 4.78 is 0. The smallest absolute Gasteiger partial charge is 0.318 e. The van der Waals surface area contributed by atoms with Crippen molar-refractivity contribution in [2.45, 2.75) is 19.3 Å². The van der Waals surface area contributed by atoms with Gasteiger partial charge in [-0.1, -0.05) is 17.7 Å². The third-order valence-electron chi connectivity index (χ3n) is 2.69. The van der Waals surface area contributed by atoms with E-state index in [0.717, 1.165) is 25.0 Å². The highest BCUT2D eigenvalue weighted by molar-refractivity contribution is 6.39. The second kappa shape index (κ2) is 6.24. The number of anilines is 1. The number of amides is 2. The fourth-order valence-corrected chi connectivity index (χ4v) is 1.83. The van der Waals surface area contributed by atoms with Gasteiger partial charge in [0.2, 0.25) is 0 Å². The van der Waals surface area contributed by atoms with E-state index >= 15 is 0 Å². The average molecular weight is 280 g/mol. The van der Waals surface area contributed by atoms with E-state index in [9.17, 15) is 9.59 Å². The molecule has 100 valence electrons. The number of carbonyl (C=O) groups excluding carboxylic acids is 2. The Kier molecular flexibility index (Phi) is 4.41. The molecule has 1 aliphatic carbocycles. The maximum Gasteiger partial charge on any atom is 0.327 e. The summed E-state index contributed by atoms with van der Waals surface area (Å²) in [5, 5.41) is 3.04. The monoisotopic (exact) mass is 279 g/mol. The number of benzene rings is 1. The van der Waals surface area contributed by atoms with Gasteiger partial charge in [-0.2, -0.15) is 0 Å². The zero-order chi connectivity index (χ0) is 13.7. The van der Waals surface area contributed by atoms with Gasteiger partial charge in [0.15, 0.2) is 0 Å². The molecule has 2 amide bonds. The van der Waals surface area contributed by atoms with Crippen molar-refractivity contribution in [3.05, 3.63) is 41.1 Å². The van der Waals surface area contributed by atoms with Crippen LogP contribution in [-0.4, -0.2) is 11.8 Å². The molecule has 0 radical (unpaired) electrons. The van der Waals surface area contributed by atoms with Gasteiger partial charge < -0.3 is 10.7 Å². The van der Waals surface area contributed by atoms with Crippen molar-refractivity contribution in [1.29, 1.82) is 0 Å². The predicted molar refractivity (Wildman–Crippen MR) is 73.3 cm³/mol. The lowest BCUT2D eigenvalue weighted by Gasteiger charge is -2.09. The maximum atomic E-state index is 11.6. The van der Waals surface area contributed by atoms with Crippen LogP contribution in [0.15, 0.2) is 36.0 Å². The maximum absolute atomic E-state index is 11.6. The molecule has 0 bridgehead atoms. The van der Waals surface area contributed by atoms with Gasteiger partial charge >= 0.3 is 11.8 Å². The molecule has 1 aromatic rings. The summed E-state index contributed by atoms with van der Waals surface area (Å²) in [7, 11) is 0. The molecule has 1 aromatic carbocycles. The van der Waals surface area contributed by atoms with E-state index < -0.39 is 11.8 Å². The van der Waals surface area contributed by atoms with E-state index in [1.807, 2.05) is 6.08 Å². The molecule has 19 heavy (non-hydrogen) atoms. The summed E-state index contributed by atoms with van der Waals surface area (Å²) in [5.74, 6) is -1.46. The molecule has 0 unspecified atom stereocenters. The minimum Gasteiger partial charge on any atom is -0.318 e. The third-order valence-corrected chi connectivity index (χ3v) is 2.94. The summed E-state index contributed by atoms with van der Waals surface area (Å²) in [5.41, 5.74) is 6.55. The van der Waals surface area contributed by atoms with Crippen LogP contribution in [0.3, 0.4) is 0 Å². The first kappa shape index (κ1) is 13.4. The number of nitrogens with one attached hydrogen (secondary N) is 3. The van der Waals surface area contributed by atoms with Gasteiger partial charge in [-0.25, -0.2) is 0 Å². The van der Waals surface area contributed by atoms with Crippen molar-refractivity contribution in [3.8, 4) is 0 Å². The quantitative estimate of drug-likeness (QED) is 0.585. The van der Waals surface area contributed by atoms with Crippen molar-refractivity contribution in [1.82, 2.24) is 10.9 Å². The van der Waals surface area contributed by atoms with Crippen molar-refractivity contribution < 1.29 is 9.59 Å². The van der Waals surface area contributed by atoms with Crippen molar-refractivity contribution in [2.75, 3.05) is 5.32 Å². The Morgan fingerprint density at radius 3 is 2.47 bits per heavy atom. The van der Waals surface area contributed by atoms with E-state index in [0.29, 0.717) is 10.7 Å². The lowest BCUT2D eigenvalue weighted by molar-refractivity contribution is -0.136. The number of hydrogen-bond acceptors (Lipinski definition) is 3. The SMILES string of the molecule is O=C(NNC1=CCCC1)C(=O)Nc1ccc(Cl)cc1. The highest BCUT2D eigenvalue weighted by atomic mass is 35.5. The predicted octanol–water partition coefficient (Wildman–Crippen LogP) is 1.97. The Morgan fingerprint density at radius 1 is 1.11 bits per heavy atom. The number of hydrogen-bond donors (Lipinski definition) is 3. The summed E-state index contributed by atoms with van der Waals surface area (Å²) in [4.78, 5) is 23.1. The zero-order valence-electron chi connectivity index (χ0n) is 10.2. The van der Waals surface area contributed by atoms with Gasteiger partial charge in [0, 0.05) is 16.4 Å². The Bertz CT molecular complexity index is 511. The summed E-state index contributed by atoms with van der Waals surface area (Å²) in [6.07, 6.45) is 4.95. The second-order valence-corrected chi connectivity index (χ2v) is 4.60. The van der Waals surface area contributed by atoms with E-state index in [-0.39, 0.29) is 0 Å².